The Labute approximate surface area is 87.0 Å². The average molecular weight is 186 g/mol. The van der Waals surface area contributed by atoms with Gasteiger partial charge in [0.2, 0.25) is 0 Å². The van der Waals surface area contributed by atoms with Crippen LogP contribution in [0.5, 0.6) is 0 Å². The Balaban J connectivity index is 2.28. The fourth-order valence-electron chi connectivity index (χ4n) is 1.23. The molecule has 74 valence electrons. The monoisotopic (exact) mass is 186 g/mol. The highest BCUT2D eigenvalue weighted by Crippen LogP contribution is 2.02. The van der Waals surface area contributed by atoms with Crippen molar-refractivity contribution in [1.82, 2.24) is 0 Å². The van der Waals surface area contributed by atoms with Crippen molar-refractivity contribution in [1.29, 1.82) is 0 Å². The lowest BCUT2D eigenvalue weighted by atomic mass is 10.2. The Bertz CT molecular complexity index is 280. The van der Waals surface area contributed by atoms with Crippen molar-refractivity contribution in [3.63, 3.8) is 0 Å². The van der Waals surface area contributed by atoms with Gasteiger partial charge in [-0.25, -0.2) is 0 Å². The molecule has 0 aliphatic rings. The minimum absolute atomic E-state index is 1.04. The Morgan fingerprint density at radius 3 is 2.50 bits per heavy atom. The van der Waals surface area contributed by atoms with E-state index in [1.165, 1.54) is 18.4 Å². The van der Waals surface area contributed by atoms with Crippen molar-refractivity contribution in [2.24, 2.45) is 0 Å². The van der Waals surface area contributed by atoms with Crippen LogP contribution in [0.15, 0.2) is 48.6 Å². The Kier molecular flexibility index (Phi) is 5.49. The van der Waals surface area contributed by atoms with Crippen molar-refractivity contribution < 1.29 is 0 Å². The van der Waals surface area contributed by atoms with E-state index in [0.29, 0.717) is 0 Å². The molecule has 0 spiro atoms. The molecule has 0 aliphatic carbocycles. The first kappa shape index (κ1) is 10.8. The number of allylic oxidation sites excluding steroid dienone is 3. The van der Waals surface area contributed by atoms with Crippen molar-refractivity contribution >= 4 is 6.08 Å². The van der Waals surface area contributed by atoms with Crippen LogP contribution in [0.4, 0.5) is 0 Å². The molecular weight excluding hydrogens is 168 g/mol. The first-order chi connectivity index (χ1) is 6.93. The average Bonchev–Trinajstić information content (AvgIpc) is 2.25. The van der Waals surface area contributed by atoms with E-state index in [-0.39, 0.29) is 0 Å². The third-order valence-electron chi connectivity index (χ3n) is 2.00. The fourth-order valence-corrected chi connectivity index (χ4v) is 1.23. The van der Waals surface area contributed by atoms with E-state index in [4.69, 9.17) is 0 Å². The lowest BCUT2D eigenvalue weighted by Crippen LogP contribution is -1.68. The minimum atomic E-state index is 1.04. The lowest BCUT2D eigenvalue weighted by Gasteiger charge is -1.89. The standard InChI is InChI=1S/C14H18/c1-2-3-4-5-6-8-11-14-12-9-7-10-13-14/h4-5,7-13H,2-3,6H2,1H3. The summed E-state index contributed by atoms with van der Waals surface area (Å²) in [7, 11) is 0. The van der Waals surface area contributed by atoms with Gasteiger partial charge in [-0.1, -0.05) is 68.0 Å². The second-order valence-corrected chi connectivity index (χ2v) is 3.31. The fraction of sp³-hybridized carbons (Fsp3) is 0.286. The van der Waals surface area contributed by atoms with E-state index in [9.17, 15) is 0 Å². The van der Waals surface area contributed by atoms with E-state index in [0.717, 1.165) is 6.42 Å². The molecule has 0 atom stereocenters. The molecule has 0 saturated carbocycles. The lowest BCUT2D eigenvalue weighted by molar-refractivity contribution is 0.955. The highest BCUT2D eigenvalue weighted by atomic mass is 13.9. The van der Waals surface area contributed by atoms with Crippen molar-refractivity contribution in [2.75, 3.05) is 0 Å². The molecule has 1 aromatic rings. The van der Waals surface area contributed by atoms with E-state index < -0.39 is 0 Å². The topological polar surface area (TPSA) is 0 Å². The third-order valence-corrected chi connectivity index (χ3v) is 2.00. The van der Waals surface area contributed by atoms with E-state index in [1.54, 1.807) is 0 Å². The van der Waals surface area contributed by atoms with Gasteiger partial charge in [0.25, 0.3) is 0 Å². The van der Waals surface area contributed by atoms with Crippen LogP contribution >= 0.6 is 0 Å². The molecule has 1 aromatic carbocycles. The molecule has 14 heavy (non-hydrogen) atoms. The SMILES string of the molecule is CCCC=CCC=Cc1ccccc1. The van der Waals surface area contributed by atoms with Crippen molar-refractivity contribution in [2.45, 2.75) is 26.2 Å². The van der Waals surface area contributed by atoms with E-state index in [2.05, 4.69) is 55.5 Å². The van der Waals surface area contributed by atoms with Crippen molar-refractivity contribution in [3.8, 4) is 0 Å². The zero-order valence-corrected chi connectivity index (χ0v) is 8.82. The minimum Gasteiger partial charge on any atom is -0.0882 e. The summed E-state index contributed by atoms with van der Waals surface area (Å²) in [6.07, 6.45) is 12.3. The van der Waals surface area contributed by atoms with Gasteiger partial charge in [0.1, 0.15) is 0 Å². The van der Waals surface area contributed by atoms with Crippen LogP contribution in [0.2, 0.25) is 0 Å². The van der Waals surface area contributed by atoms with Crippen LogP contribution in [-0.2, 0) is 0 Å². The van der Waals surface area contributed by atoms with Gasteiger partial charge in [0.05, 0.1) is 0 Å². The summed E-state index contributed by atoms with van der Waals surface area (Å²) < 4.78 is 0. The largest absolute Gasteiger partial charge is 0.0882 e. The van der Waals surface area contributed by atoms with Gasteiger partial charge in [-0.3, -0.25) is 0 Å². The maximum absolute atomic E-state index is 2.25. The summed E-state index contributed by atoms with van der Waals surface area (Å²) in [6.45, 7) is 2.20. The second kappa shape index (κ2) is 7.14. The Morgan fingerprint density at radius 1 is 1.00 bits per heavy atom. The Hall–Kier alpha value is -1.30. The van der Waals surface area contributed by atoms with Gasteiger partial charge >= 0.3 is 0 Å². The number of hydrogen-bond donors (Lipinski definition) is 0. The predicted octanol–water partition coefficient (Wildman–Crippen LogP) is 4.45. The molecule has 0 heterocycles. The van der Waals surface area contributed by atoms with Gasteiger partial charge in [0, 0.05) is 0 Å². The van der Waals surface area contributed by atoms with Gasteiger partial charge in [-0.05, 0) is 18.4 Å². The van der Waals surface area contributed by atoms with E-state index >= 15 is 0 Å². The predicted molar refractivity (Wildman–Crippen MR) is 64.1 cm³/mol. The maximum Gasteiger partial charge on any atom is -0.0166 e. The van der Waals surface area contributed by atoms with E-state index in [1.807, 2.05) is 6.07 Å². The molecular formula is C14H18. The highest BCUT2D eigenvalue weighted by molar-refractivity contribution is 5.48. The van der Waals surface area contributed by atoms with Crippen LogP contribution in [0.25, 0.3) is 6.08 Å². The molecule has 0 bridgehead atoms. The summed E-state index contributed by atoms with van der Waals surface area (Å²) in [6, 6.07) is 10.4. The zero-order valence-electron chi connectivity index (χ0n) is 8.82. The van der Waals surface area contributed by atoms with Crippen molar-refractivity contribution in [3.05, 3.63) is 54.1 Å². The van der Waals surface area contributed by atoms with Gasteiger partial charge in [-0.2, -0.15) is 0 Å². The van der Waals surface area contributed by atoms with Crippen LogP contribution in [0.3, 0.4) is 0 Å². The summed E-state index contributed by atoms with van der Waals surface area (Å²) in [5, 5.41) is 0. The normalized spacial score (nSPS) is 11.5. The number of rotatable bonds is 5. The van der Waals surface area contributed by atoms with Crippen LogP contribution in [-0.4, -0.2) is 0 Å². The summed E-state index contributed by atoms with van der Waals surface area (Å²) >= 11 is 0. The summed E-state index contributed by atoms with van der Waals surface area (Å²) in [5.41, 5.74) is 1.27. The molecule has 0 aliphatic heterocycles. The zero-order chi connectivity index (χ0) is 10.1. The summed E-state index contributed by atoms with van der Waals surface area (Å²) in [5.74, 6) is 0. The summed E-state index contributed by atoms with van der Waals surface area (Å²) in [4.78, 5) is 0. The highest BCUT2D eigenvalue weighted by Gasteiger charge is 1.80. The number of unbranched alkanes of at least 4 members (excludes halogenated alkanes) is 1. The van der Waals surface area contributed by atoms with Gasteiger partial charge in [-0.15, -0.1) is 0 Å². The molecule has 0 amide bonds. The second-order valence-electron chi connectivity index (χ2n) is 3.31. The first-order valence-corrected chi connectivity index (χ1v) is 5.30. The smallest absolute Gasteiger partial charge is 0.0166 e. The molecule has 0 nitrogen and oxygen atoms in total. The molecule has 0 N–H and O–H groups in total. The van der Waals surface area contributed by atoms with Gasteiger partial charge < -0.3 is 0 Å². The van der Waals surface area contributed by atoms with Gasteiger partial charge in [0.15, 0.2) is 0 Å². The van der Waals surface area contributed by atoms with Crippen LogP contribution in [0, 0.1) is 0 Å². The maximum atomic E-state index is 2.25. The molecule has 0 radical (unpaired) electrons. The molecule has 0 unspecified atom stereocenters. The number of benzene rings is 1. The third kappa shape index (κ3) is 4.66. The Morgan fingerprint density at radius 2 is 1.79 bits per heavy atom. The molecule has 1 rings (SSSR count). The molecule has 0 saturated heterocycles. The van der Waals surface area contributed by atoms with Crippen LogP contribution in [0.1, 0.15) is 31.7 Å². The quantitative estimate of drug-likeness (QED) is 0.596. The molecule has 0 aromatic heterocycles. The molecule has 0 fully saturated rings. The molecule has 0 heteroatoms. The van der Waals surface area contributed by atoms with Crippen LogP contribution < -0.4 is 0 Å². The number of hydrogen-bond acceptors (Lipinski definition) is 0. The first-order valence-electron chi connectivity index (χ1n) is 5.30.